The number of ether oxygens (including phenoxy) is 2. The van der Waals surface area contributed by atoms with E-state index in [4.69, 9.17) is 9.47 Å². The SMILES string of the molecule is CC(C(=O)OCc1ccccc1)C1CC[C@](CC2CC2)(C(=O)OCc2ccccc2)CC(C(C)(C)C)C1. The van der Waals surface area contributed by atoms with Crippen molar-refractivity contribution in [3.63, 3.8) is 0 Å². The van der Waals surface area contributed by atoms with Crippen LogP contribution in [0, 0.1) is 34.5 Å². The maximum atomic E-state index is 13.8. The molecule has 2 aliphatic rings. The highest BCUT2D eigenvalue weighted by atomic mass is 16.5. The maximum absolute atomic E-state index is 13.8. The molecule has 2 fully saturated rings. The van der Waals surface area contributed by atoms with E-state index in [9.17, 15) is 9.59 Å². The number of benzene rings is 2. The van der Waals surface area contributed by atoms with Gasteiger partial charge < -0.3 is 9.47 Å². The van der Waals surface area contributed by atoms with Crippen LogP contribution in [0.25, 0.3) is 0 Å². The average Bonchev–Trinajstić information content (AvgIpc) is 3.73. The van der Waals surface area contributed by atoms with Gasteiger partial charge in [-0.15, -0.1) is 0 Å². The fourth-order valence-electron chi connectivity index (χ4n) is 5.97. The van der Waals surface area contributed by atoms with Crippen LogP contribution < -0.4 is 0 Å². The van der Waals surface area contributed by atoms with Crippen LogP contribution in [-0.4, -0.2) is 11.9 Å². The van der Waals surface area contributed by atoms with E-state index in [1.54, 1.807) is 0 Å². The molecule has 0 aromatic heterocycles. The van der Waals surface area contributed by atoms with Crippen molar-refractivity contribution < 1.29 is 19.1 Å². The molecule has 2 saturated carbocycles. The number of hydrogen-bond acceptors (Lipinski definition) is 4. The molecule has 0 amide bonds. The Bertz CT molecular complexity index is 1020. The third-order valence-corrected chi connectivity index (χ3v) is 8.77. The molecule has 2 aromatic rings. The van der Waals surface area contributed by atoms with Gasteiger partial charge in [-0.05, 0) is 66.4 Å². The summed E-state index contributed by atoms with van der Waals surface area (Å²) >= 11 is 0. The third-order valence-electron chi connectivity index (χ3n) is 8.77. The number of hydrogen-bond donors (Lipinski definition) is 0. The molecule has 0 bridgehead atoms. The zero-order valence-electron chi connectivity index (χ0n) is 23.1. The Morgan fingerprint density at radius 3 is 2.00 bits per heavy atom. The van der Waals surface area contributed by atoms with Crippen molar-refractivity contribution >= 4 is 11.9 Å². The van der Waals surface area contributed by atoms with Gasteiger partial charge in [0.05, 0.1) is 11.3 Å². The van der Waals surface area contributed by atoms with Crippen LogP contribution in [0.15, 0.2) is 60.7 Å². The first-order valence-electron chi connectivity index (χ1n) is 14.1. The summed E-state index contributed by atoms with van der Waals surface area (Å²) in [5.41, 5.74) is 1.58. The van der Waals surface area contributed by atoms with E-state index in [0.29, 0.717) is 25.0 Å². The highest BCUT2D eigenvalue weighted by Crippen LogP contribution is 2.54. The quantitative estimate of drug-likeness (QED) is 0.259. The molecular weight excluding hydrogens is 460 g/mol. The Morgan fingerprint density at radius 2 is 1.46 bits per heavy atom. The lowest BCUT2D eigenvalue weighted by Gasteiger charge is -2.38. The van der Waals surface area contributed by atoms with Crippen LogP contribution in [-0.2, 0) is 32.3 Å². The van der Waals surface area contributed by atoms with Crippen LogP contribution in [0.5, 0.6) is 0 Å². The van der Waals surface area contributed by atoms with E-state index >= 15 is 0 Å². The molecule has 0 N–H and O–H groups in total. The minimum absolute atomic E-state index is 0.0325. The Hall–Kier alpha value is -2.62. The predicted octanol–water partition coefficient (Wildman–Crippen LogP) is 7.75. The van der Waals surface area contributed by atoms with Crippen molar-refractivity contribution in [1.82, 2.24) is 0 Å². The van der Waals surface area contributed by atoms with Gasteiger partial charge in [0, 0.05) is 0 Å². The van der Waals surface area contributed by atoms with Crippen molar-refractivity contribution in [2.24, 2.45) is 34.5 Å². The van der Waals surface area contributed by atoms with E-state index in [1.807, 2.05) is 67.6 Å². The maximum Gasteiger partial charge on any atom is 0.312 e. The molecule has 200 valence electrons. The predicted molar refractivity (Wildman–Crippen MR) is 146 cm³/mol. The van der Waals surface area contributed by atoms with Gasteiger partial charge in [-0.2, -0.15) is 0 Å². The fraction of sp³-hybridized carbons (Fsp3) is 0.576. The Morgan fingerprint density at radius 1 is 0.892 bits per heavy atom. The molecule has 0 spiro atoms. The monoisotopic (exact) mass is 504 g/mol. The smallest absolute Gasteiger partial charge is 0.312 e. The Labute approximate surface area is 223 Å². The lowest BCUT2D eigenvalue weighted by atomic mass is 9.67. The van der Waals surface area contributed by atoms with Crippen molar-refractivity contribution in [1.29, 1.82) is 0 Å². The molecule has 2 aromatic carbocycles. The highest BCUT2D eigenvalue weighted by Gasteiger charge is 2.50. The van der Waals surface area contributed by atoms with Gasteiger partial charge in [-0.3, -0.25) is 9.59 Å². The normalized spacial score (nSPS) is 25.1. The van der Waals surface area contributed by atoms with Gasteiger partial charge in [0.15, 0.2) is 0 Å². The molecule has 3 unspecified atom stereocenters. The molecule has 2 aliphatic carbocycles. The number of carbonyl (C=O) groups is 2. The second-order valence-corrected chi connectivity index (χ2v) is 12.7. The summed E-state index contributed by atoms with van der Waals surface area (Å²) in [7, 11) is 0. The first-order valence-corrected chi connectivity index (χ1v) is 14.1. The van der Waals surface area contributed by atoms with Crippen molar-refractivity contribution in [3.8, 4) is 0 Å². The summed E-state index contributed by atoms with van der Waals surface area (Å²) in [4.78, 5) is 27.0. The minimum Gasteiger partial charge on any atom is -0.461 e. The first kappa shape index (κ1) is 27.4. The van der Waals surface area contributed by atoms with Crippen LogP contribution in [0.2, 0.25) is 0 Å². The molecule has 0 radical (unpaired) electrons. The lowest BCUT2D eigenvalue weighted by molar-refractivity contribution is -0.160. The lowest BCUT2D eigenvalue weighted by Crippen LogP contribution is -2.37. The zero-order chi connectivity index (χ0) is 26.5. The van der Waals surface area contributed by atoms with Crippen molar-refractivity contribution in [3.05, 3.63) is 71.8 Å². The van der Waals surface area contributed by atoms with E-state index < -0.39 is 5.41 Å². The second kappa shape index (κ2) is 11.8. The number of esters is 2. The van der Waals surface area contributed by atoms with Gasteiger partial charge in [0.25, 0.3) is 0 Å². The van der Waals surface area contributed by atoms with E-state index in [2.05, 4.69) is 20.8 Å². The molecule has 0 saturated heterocycles. The Kier molecular flexibility index (Phi) is 8.77. The van der Waals surface area contributed by atoms with E-state index in [0.717, 1.165) is 43.2 Å². The number of carbonyl (C=O) groups excluding carboxylic acids is 2. The number of rotatable bonds is 9. The molecule has 4 rings (SSSR count). The zero-order valence-corrected chi connectivity index (χ0v) is 23.1. The van der Waals surface area contributed by atoms with Crippen LogP contribution >= 0.6 is 0 Å². The highest BCUT2D eigenvalue weighted by molar-refractivity contribution is 5.77. The van der Waals surface area contributed by atoms with Gasteiger partial charge in [0.2, 0.25) is 0 Å². The first-order chi connectivity index (χ1) is 17.7. The summed E-state index contributed by atoms with van der Waals surface area (Å²) in [5, 5.41) is 0. The molecule has 4 atom stereocenters. The topological polar surface area (TPSA) is 52.6 Å². The third kappa shape index (κ3) is 7.46. The van der Waals surface area contributed by atoms with E-state index in [1.165, 1.54) is 12.8 Å². The van der Waals surface area contributed by atoms with Gasteiger partial charge in [-0.25, -0.2) is 0 Å². The van der Waals surface area contributed by atoms with Gasteiger partial charge in [-0.1, -0.05) is 101 Å². The molecule has 0 aliphatic heterocycles. The summed E-state index contributed by atoms with van der Waals surface area (Å²) in [6, 6.07) is 19.8. The van der Waals surface area contributed by atoms with E-state index in [-0.39, 0.29) is 29.2 Å². The van der Waals surface area contributed by atoms with Crippen LogP contribution in [0.4, 0.5) is 0 Å². The average molecular weight is 505 g/mol. The summed E-state index contributed by atoms with van der Waals surface area (Å²) < 4.78 is 11.8. The summed E-state index contributed by atoms with van der Waals surface area (Å²) in [6.45, 7) is 9.45. The minimum atomic E-state index is -0.476. The van der Waals surface area contributed by atoms with Crippen LogP contribution in [0.3, 0.4) is 0 Å². The Balaban J connectivity index is 1.49. The molecule has 4 nitrogen and oxygen atoms in total. The van der Waals surface area contributed by atoms with Crippen molar-refractivity contribution in [2.45, 2.75) is 85.9 Å². The molecular formula is C33H44O4. The summed E-state index contributed by atoms with van der Waals surface area (Å²) in [5.74, 6) is 0.753. The molecule has 0 heterocycles. The second-order valence-electron chi connectivity index (χ2n) is 12.7. The van der Waals surface area contributed by atoms with Crippen LogP contribution in [0.1, 0.15) is 83.8 Å². The van der Waals surface area contributed by atoms with Crippen molar-refractivity contribution in [2.75, 3.05) is 0 Å². The van der Waals surface area contributed by atoms with Gasteiger partial charge in [0.1, 0.15) is 13.2 Å². The summed E-state index contributed by atoms with van der Waals surface area (Å²) in [6.07, 6.45) is 6.73. The standard InChI is InChI=1S/C33H44O4/c1-24(30(34)36-22-26-11-7-5-8-12-26)28-17-18-33(20-25-15-16-25,21-29(19-28)32(2,3)4)31(35)37-23-27-13-9-6-10-14-27/h5-14,24-25,28-29H,15-23H2,1-4H3/t24?,28?,29?,33-/m1/s1. The van der Waals surface area contributed by atoms with Gasteiger partial charge >= 0.3 is 11.9 Å². The fourth-order valence-corrected chi connectivity index (χ4v) is 5.97. The molecule has 4 heteroatoms. The molecule has 37 heavy (non-hydrogen) atoms. The largest absolute Gasteiger partial charge is 0.461 e.